The molecule has 0 radical (unpaired) electrons. The Kier molecular flexibility index (Phi) is 5.16. The average molecular weight is 466 g/mol. The summed E-state index contributed by atoms with van der Waals surface area (Å²) in [5, 5.41) is 12.2. The van der Waals surface area contributed by atoms with Crippen molar-refractivity contribution in [2.24, 2.45) is 7.05 Å². The minimum Gasteiger partial charge on any atom is -0.454 e. The van der Waals surface area contributed by atoms with Gasteiger partial charge in [0.25, 0.3) is 0 Å². The Morgan fingerprint density at radius 1 is 0.722 bits per heavy atom. The van der Waals surface area contributed by atoms with E-state index >= 15 is 0 Å². The van der Waals surface area contributed by atoms with E-state index in [-0.39, 0.29) is 0 Å². The van der Waals surface area contributed by atoms with Crippen molar-refractivity contribution in [2.75, 3.05) is 0 Å². The van der Waals surface area contributed by atoms with Gasteiger partial charge in [0.2, 0.25) is 5.69 Å². The second-order valence-corrected chi connectivity index (χ2v) is 9.36. The molecule has 3 heteroatoms. The Bertz CT molecular complexity index is 1800. The topological polar surface area (TPSA) is 40.8 Å². The maximum absolute atomic E-state index is 10.2. The van der Waals surface area contributed by atoms with E-state index < -0.39 is 0 Å². The van der Waals surface area contributed by atoms with Crippen LogP contribution >= 0.6 is 0 Å². The average Bonchev–Trinajstić information content (AvgIpc) is 3.29. The Hall–Kier alpha value is -4.68. The largest absolute Gasteiger partial charge is 0.454 e. The van der Waals surface area contributed by atoms with Crippen LogP contribution in [0.3, 0.4) is 0 Å². The number of nitrogens with zero attached hydrogens (tertiary/aromatic N) is 2. The van der Waals surface area contributed by atoms with Crippen LogP contribution in [0.15, 0.2) is 102 Å². The number of furan rings is 1. The van der Waals surface area contributed by atoms with E-state index in [2.05, 4.69) is 97.4 Å². The molecule has 0 amide bonds. The van der Waals surface area contributed by atoms with Crippen LogP contribution in [-0.2, 0) is 7.05 Å². The second kappa shape index (κ2) is 8.52. The van der Waals surface area contributed by atoms with Gasteiger partial charge in [-0.05, 0) is 47.7 Å². The first-order valence-corrected chi connectivity index (χ1v) is 12.1. The summed E-state index contributed by atoms with van der Waals surface area (Å²) in [6.45, 7) is 4.20. The Labute approximate surface area is 210 Å². The van der Waals surface area contributed by atoms with Gasteiger partial charge < -0.3 is 4.42 Å². The molecule has 3 nitrogen and oxygen atoms in total. The predicted molar refractivity (Wildman–Crippen MR) is 145 cm³/mol. The molecular formula is C33H25N2O+. The maximum Gasteiger partial charge on any atom is 0.216 e. The molecule has 6 rings (SSSR count). The third kappa shape index (κ3) is 3.47. The first-order chi connectivity index (χ1) is 17.5. The quantitative estimate of drug-likeness (QED) is 0.249. The molecule has 4 aromatic carbocycles. The van der Waals surface area contributed by atoms with Crippen molar-refractivity contribution >= 4 is 21.9 Å². The van der Waals surface area contributed by atoms with Crippen LogP contribution in [0.2, 0.25) is 0 Å². The highest BCUT2D eigenvalue weighted by atomic mass is 16.3. The van der Waals surface area contributed by atoms with Gasteiger partial charge in [0.05, 0.1) is 5.56 Å². The van der Waals surface area contributed by atoms with Crippen molar-refractivity contribution in [3.63, 3.8) is 0 Å². The number of fused-ring (bicyclic) bond motifs is 3. The van der Waals surface area contributed by atoms with Crippen LogP contribution in [0.25, 0.3) is 55.4 Å². The van der Waals surface area contributed by atoms with Gasteiger partial charge in [0.15, 0.2) is 11.8 Å². The number of pyridine rings is 1. The Balaban J connectivity index is 1.55. The molecule has 0 spiro atoms. The number of aromatic nitrogens is 1. The summed E-state index contributed by atoms with van der Waals surface area (Å²) in [7, 11) is 2.05. The standard InChI is InChI=1S/C33H25N2O/c1-21-17-18-35(3)30(19-21)31-22(2)9-14-28-27-16-15-26(29(20-34)32(27)36-33(28)31)25-12-10-24(11-13-25)23-7-5-4-6-8-23/h4-19H,1-3H3/q+1. The fraction of sp³-hybridized carbons (Fsp3) is 0.0909. The Morgan fingerprint density at radius 2 is 1.39 bits per heavy atom. The summed E-state index contributed by atoms with van der Waals surface area (Å²) in [5.41, 5.74) is 10.7. The molecule has 0 saturated heterocycles. The number of nitriles is 1. The predicted octanol–water partition coefficient (Wildman–Crippen LogP) is 7.90. The lowest BCUT2D eigenvalue weighted by atomic mass is 9.95. The number of hydrogen-bond acceptors (Lipinski definition) is 2. The molecule has 2 aromatic heterocycles. The fourth-order valence-corrected chi connectivity index (χ4v) is 5.07. The molecule has 0 fully saturated rings. The molecule has 0 aliphatic rings. The molecule has 0 aliphatic heterocycles. The zero-order chi connectivity index (χ0) is 24.8. The second-order valence-electron chi connectivity index (χ2n) is 9.36. The van der Waals surface area contributed by atoms with Gasteiger partial charge in [-0.1, -0.05) is 72.8 Å². The van der Waals surface area contributed by atoms with Gasteiger partial charge in [0, 0.05) is 28.5 Å². The summed E-state index contributed by atoms with van der Waals surface area (Å²) in [6.07, 6.45) is 2.07. The highest BCUT2D eigenvalue weighted by Crippen LogP contribution is 2.40. The number of aryl methyl sites for hydroxylation is 3. The first-order valence-electron chi connectivity index (χ1n) is 12.1. The van der Waals surface area contributed by atoms with Crippen molar-refractivity contribution in [1.82, 2.24) is 0 Å². The minimum absolute atomic E-state index is 0.563. The normalized spacial score (nSPS) is 11.2. The number of hydrogen-bond donors (Lipinski definition) is 0. The van der Waals surface area contributed by atoms with Crippen LogP contribution in [-0.4, -0.2) is 0 Å². The molecule has 0 N–H and O–H groups in total. The van der Waals surface area contributed by atoms with Crippen molar-refractivity contribution in [1.29, 1.82) is 5.26 Å². The van der Waals surface area contributed by atoms with Gasteiger partial charge in [0.1, 0.15) is 24.3 Å². The first kappa shape index (κ1) is 21.8. The lowest BCUT2D eigenvalue weighted by Crippen LogP contribution is -2.30. The maximum atomic E-state index is 10.2. The monoisotopic (exact) mass is 465 g/mol. The number of rotatable bonds is 3. The minimum atomic E-state index is 0.563. The summed E-state index contributed by atoms with van der Waals surface area (Å²) in [6, 6.07) is 33.8. The zero-order valence-corrected chi connectivity index (χ0v) is 20.5. The molecule has 36 heavy (non-hydrogen) atoms. The van der Waals surface area contributed by atoms with Crippen molar-refractivity contribution in [3.8, 4) is 39.6 Å². The lowest BCUT2D eigenvalue weighted by Gasteiger charge is -2.07. The van der Waals surface area contributed by atoms with Crippen molar-refractivity contribution in [2.45, 2.75) is 13.8 Å². The van der Waals surface area contributed by atoms with Gasteiger partial charge in [-0.2, -0.15) is 5.26 Å². The summed E-state index contributed by atoms with van der Waals surface area (Å²) >= 11 is 0. The van der Waals surface area contributed by atoms with E-state index in [1.165, 1.54) is 11.1 Å². The molecule has 0 saturated carbocycles. The molecule has 0 unspecified atom stereocenters. The third-order valence-electron chi connectivity index (χ3n) is 6.99. The molecule has 0 aliphatic carbocycles. The lowest BCUT2D eigenvalue weighted by molar-refractivity contribution is -0.660. The van der Waals surface area contributed by atoms with Crippen molar-refractivity contribution in [3.05, 3.63) is 114 Å². The fourth-order valence-electron chi connectivity index (χ4n) is 5.07. The van der Waals surface area contributed by atoms with E-state index in [4.69, 9.17) is 4.42 Å². The summed E-state index contributed by atoms with van der Waals surface area (Å²) in [4.78, 5) is 0. The molecule has 0 bridgehead atoms. The SMILES string of the molecule is Cc1cc[n+](C)c(-c2c(C)ccc3c2oc2c(C#N)c(-c4ccc(-c5ccccc5)cc4)ccc23)c1. The van der Waals surface area contributed by atoms with Gasteiger partial charge >= 0.3 is 0 Å². The molecule has 2 heterocycles. The van der Waals surface area contributed by atoms with E-state index in [9.17, 15) is 5.26 Å². The molecule has 172 valence electrons. The smallest absolute Gasteiger partial charge is 0.216 e. The van der Waals surface area contributed by atoms with Crippen LogP contribution < -0.4 is 4.57 Å². The van der Waals surface area contributed by atoms with E-state index in [0.29, 0.717) is 11.1 Å². The van der Waals surface area contributed by atoms with Crippen molar-refractivity contribution < 1.29 is 8.98 Å². The molecule has 0 atom stereocenters. The van der Waals surface area contributed by atoms with Crippen LogP contribution in [0.5, 0.6) is 0 Å². The number of benzene rings is 4. The van der Waals surface area contributed by atoms with Gasteiger partial charge in [-0.25, -0.2) is 4.57 Å². The summed E-state index contributed by atoms with van der Waals surface area (Å²) < 4.78 is 8.67. The van der Waals surface area contributed by atoms with E-state index in [0.717, 1.165) is 49.9 Å². The van der Waals surface area contributed by atoms with Gasteiger partial charge in [-0.3, -0.25) is 0 Å². The highest BCUT2D eigenvalue weighted by Gasteiger charge is 2.23. The van der Waals surface area contributed by atoms with Crippen LogP contribution in [0, 0.1) is 25.2 Å². The highest BCUT2D eigenvalue weighted by molar-refractivity contribution is 6.12. The molecule has 6 aromatic rings. The zero-order valence-electron chi connectivity index (χ0n) is 20.5. The van der Waals surface area contributed by atoms with E-state index in [1.54, 1.807) is 0 Å². The van der Waals surface area contributed by atoms with E-state index in [1.807, 2.05) is 31.3 Å². The third-order valence-corrected chi connectivity index (χ3v) is 6.99. The van der Waals surface area contributed by atoms with Crippen LogP contribution in [0.4, 0.5) is 0 Å². The van der Waals surface area contributed by atoms with Gasteiger partial charge in [-0.15, -0.1) is 0 Å². The molecular weight excluding hydrogens is 440 g/mol. The summed E-state index contributed by atoms with van der Waals surface area (Å²) in [5.74, 6) is 0. The van der Waals surface area contributed by atoms with Crippen LogP contribution in [0.1, 0.15) is 16.7 Å². The Morgan fingerprint density at radius 3 is 2.14 bits per heavy atom.